The maximum absolute atomic E-state index is 5.99. The average Bonchev–Trinajstić information content (AvgIpc) is 2.48. The van der Waals surface area contributed by atoms with Gasteiger partial charge < -0.3 is 10.1 Å². The molecule has 21 heavy (non-hydrogen) atoms. The second kappa shape index (κ2) is 7.31. The van der Waals surface area contributed by atoms with Gasteiger partial charge in [-0.3, -0.25) is 0 Å². The zero-order valence-corrected chi connectivity index (χ0v) is 14.1. The first-order valence-corrected chi connectivity index (χ1v) is 8.49. The van der Waals surface area contributed by atoms with Gasteiger partial charge in [0.05, 0.1) is 6.61 Å². The molecule has 2 heteroatoms. The van der Waals surface area contributed by atoms with Gasteiger partial charge in [-0.1, -0.05) is 51.8 Å². The van der Waals surface area contributed by atoms with Crippen LogP contribution in [0.5, 0.6) is 5.75 Å². The number of benzene rings is 1. The Balaban J connectivity index is 2.28. The fraction of sp³-hybridized carbons (Fsp3) is 0.684. The van der Waals surface area contributed by atoms with Crippen LogP contribution in [-0.4, -0.2) is 13.7 Å². The van der Waals surface area contributed by atoms with Gasteiger partial charge in [0.1, 0.15) is 5.75 Å². The van der Waals surface area contributed by atoms with Crippen LogP contribution in [0.4, 0.5) is 0 Å². The van der Waals surface area contributed by atoms with Crippen LogP contribution in [0, 0.1) is 11.3 Å². The molecule has 2 atom stereocenters. The van der Waals surface area contributed by atoms with Crippen LogP contribution in [0.1, 0.15) is 64.5 Å². The van der Waals surface area contributed by atoms with Crippen molar-refractivity contribution >= 4 is 0 Å². The number of rotatable bonds is 6. The smallest absolute Gasteiger partial charge is 0.124 e. The number of para-hydroxylation sites is 1. The average molecular weight is 289 g/mol. The summed E-state index contributed by atoms with van der Waals surface area (Å²) in [4.78, 5) is 0. The topological polar surface area (TPSA) is 21.3 Å². The third kappa shape index (κ3) is 3.79. The summed E-state index contributed by atoms with van der Waals surface area (Å²) in [5.41, 5.74) is 1.72. The molecule has 0 saturated heterocycles. The fourth-order valence-corrected chi connectivity index (χ4v) is 3.79. The van der Waals surface area contributed by atoms with Crippen molar-refractivity contribution in [3.05, 3.63) is 29.8 Å². The molecule has 0 amide bonds. The quantitative estimate of drug-likeness (QED) is 0.800. The van der Waals surface area contributed by atoms with Gasteiger partial charge >= 0.3 is 0 Å². The Morgan fingerprint density at radius 1 is 1.29 bits per heavy atom. The van der Waals surface area contributed by atoms with Gasteiger partial charge in [-0.25, -0.2) is 0 Å². The minimum Gasteiger partial charge on any atom is -0.493 e. The normalized spacial score (nSPS) is 22.8. The van der Waals surface area contributed by atoms with Gasteiger partial charge in [0.25, 0.3) is 0 Å². The number of ether oxygens (including phenoxy) is 1. The number of hydrogen-bond donors (Lipinski definition) is 1. The molecule has 1 aliphatic carbocycles. The lowest BCUT2D eigenvalue weighted by Crippen LogP contribution is -2.38. The summed E-state index contributed by atoms with van der Waals surface area (Å²) in [5, 5.41) is 3.58. The second-order valence-electron chi connectivity index (χ2n) is 6.99. The third-order valence-electron chi connectivity index (χ3n) is 5.02. The lowest BCUT2D eigenvalue weighted by Gasteiger charge is -2.43. The van der Waals surface area contributed by atoms with E-state index in [0.717, 1.165) is 18.8 Å². The molecule has 0 radical (unpaired) electrons. The molecule has 0 aromatic heterocycles. The van der Waals surface area contributed by atoms with Crippen molar-refractivity contribution in [3.8, 4) is 5.75 Å². The standard InChI is InChI=1S/C19H31NO/c1-5-14-21-17-12-7-6-10-15(17)18(20-4)16-11-8-9-13-19(16,2)3/h6-7,10,12,16,18,20H,5,8-9,11,13-14H2,1-4H3. The molecule has 0 bridgehead atoms. The fourth-order valence-electron chi connectivity index (χ4n) is 3.79. The van der Waals surface area contributed by atoms with E-state index in [1.165, 1.54) is 31.2 Å². The van der Waals surface area contributed by atoms with E-state index in [2.05, 4.69) is 57.4 Å². The highest BCUT2D eigenvalue weighted by Gasteiger charge is 2.38. The van der Waals surface area contributed by atoms with Crippen LogP contribution in [0.25, 0.3) is 0 Å². The minimum atomic E-state index is 0.383. The van der Waals surface area contributed by atoms with Crippen molar-refractivity contribution < 1.29 is 4.74 Å². The van der Waals surface area contributed by atoms with E-state index in [4.69, 9.17) is 4.74 Å². The van der Waals surface area contributed by atoms with Gasteiger partial charge in [0, 0.05) is 11.6 Å². The molecule has 2 rings (SSSR count). The Kier molecular flexibility index (Phi) is 5.69. The Labute approximate surface area is 130 Å². The van der Waals surface area contributed by atoms with Crippen molar-refractivity contribution in [2.75, 3.05) is 13.7 Å². The molecule has 1 aromatic carbocycles. The molecule has 2 nitrogen and oxygen atoms in total. The third-order valence-corrected chi connectivity index (χ3v) is 5.02. The molecular weight excluding hydrogens is 258 g/mol. The Morgan fingerprint density at radius 3 is 2.71 bits per heavy atom. The maximum atomic E-state index is 5.99. The van der Waals surface area contributed by atoms with Crippen LogP contribution in [0.2, 0.25) is 0 Å². The minimum absolute atomic E-state index is 0.383. The first-order valence-electron chi connectivity index (χ1n) is 8.49. The van der Waals surface area contributed by atoms with E-state index in [1.54, 1.807) is 0 Å². The Morgan fingerprint density at radius 2 is 2.05 bits per heavy atom. The predicted octanol–water partition coefficient (Wildman–Crippen LogP) is 4.95. The highest BCUT2D eigenvalue weighted by atomic mass is 16.5. The molecule has 0 spiro atoms. The van der Waals surface area contributed by atoms with E-state index in [9.17, 15) is 0 Å². The van der Waals surface area contributed by atoms with Crippen molar-refractivity contribution in [2.24, 2.45) is 11.3 Å². The lowest BCUT2D eigenvalue weighted by atomic mass is 9.64. The van der Waals surface area contributed by atoms with E-state index in [0.29, 0.717) is 17.4 Å². The lowest BCUT2D eigenvalue weighted by molar-refractivity contribution is 0.0998. The maximum Gasteiger partial charge on any atom is 0.124 e. The summed E-state index contributed by atoms with van der Waals surface area (Å²) < 4.78 is 5.99. The highest BCUT2D eigenvalue weighted by Crippen LogP contribution is 2.48. The highest BCUT2D eigenvalue weighted by molar-refractivity contribution is 5.36. The van der Waals surface area contributed by atoms with Crippen LogP contribution in [0.15, 0.2) is 24.3 Å². The van der Waals surface area contributed by atoms with Crippen molar-refractivity contribution in [2.45, 2.75) is 58.9 Å². The molecule has 1 fully saturated rings. The molecule has 1 saturated carbocycles. The molecule has 2 unspecified atom stereocenters. The van der Waals surface area contributed by atoms with Crippen LogP contribution >= 0.6 is 0 Å². The zero-order valence-electron chi connectivity index (χ0n) is 14.1. The first kappa shape index (κ1) is 16.4. The summed E-state index contributed by atoms with van der Waals surface area (Å²) in [5.74, 6) is 1.72. The van der Waals surface area contributed by atoms with Crippen LogP contribution < -0.4 is 10.1 Å². The molecule has 118 valence electrons. The number of hydrogen-bond acceptors (Lipinski definition) is 2. The van der Waals surface area contributed by atoms with E-state index in [-0.39, 0.29) is 0 Å². The van der Waals surface area contributed by atoms with Gasteiger partial charge in [-0.2, -0.15) is 0 Å². The van der Waals surface area contributed by atoms with Gasteiger partial charge in [0.15, 0.2) is 0 Å². The molecule has 1 N–H and O–H groups in total. The number of nitrogens with one attached hydrogen (secondary N) is 1. The first-order chi connectivity index (χ1) is 10.1. The van der Waals surface area contributed by atoms with E-state index < -0.39 is 0 Å². The van der Waals surface area contributed by atoms with Crippen LogP contribution in [0.3, 0.4) is 0 Å². The Bertz CT molecular complexity index is 441. The second-order valence-corrected chi connectivity index (χ2v) is 6.99. The summed E-state index contributed by atoms with van der Waals surface area (Å²) in [6.07, 6.45) is 6.40. The SMILES string of the molecule is CCCOc1ccccc1C(NC)C1CCCCC1(C)C. The summed E-state index contributed by atoms with van der Waals surface area (Å²) in [6, 6.07) is 8.94. The molecule has 1 aromatic rings. The molecule has 1 aliphatic rings. The van der Waals surface area contributed by atoms with E-state index in [1.807, 2.05) is 0 Å². The van der Waals surface area contributed by atoms with Crippen molar-refractivity contribution in [1.82, 2.24) is 5.32 Å². The predicted molar refractivity (Wildman–Crippen MR) is 89.8 cm³/mol. The monoisotopic (exact) mass is 289 g/mol. The van der Waals surface area contributed by atoms with Crippen LogP contribution in [-0.2, 0) is 0 Å². The summed E-state index contributed by atoms with van der Waals surface area (Å²) in [6.45, 7) is 7.80. The Hall–Kier alpha value is -1.02. The van der Waals surface area contributed by atoms with Crippen molar-refractivity contribution in [1.29, 1.82) is 0 Å². The summed E-state index contributed by atoms with van der Waals surface area (Å²) >= 11 is 0. The van der Waals surface area contributed by atoms with Crippen molar-refractivity contribution in [3.63, 3.8) is 0 Å². The molecule has 0 heterocycles. The van der Waals surface area contributed by atoms with E-state index >= 15 is 0 Å². The molecule has 0 aliphatic heterocycles. The molecular formula is C19H31NO. The zero-order chi connectivity index (χ0) is 15.3. The summed E-state index contributed by atoms with van der Waals surface area (Å²) in [7, 11) is 2.09. The van der Waals surface area contributed by atoms with Gasteiger partial charge in [0.2, 0.25) is 0 Å². The largest absolute Gasteiger partial charge is 0.493 e. The van der Waals surface area contributed by atoms with Gasteiger partial charge in [-0.15, -0.1) is 0 Å². The van der Waals surface area contributed by atoms with Gasteiger partial charge in [-0.05, 0) is 43.7 Å².